The quantitative estimate of drug-likeness (QED) is 0.313. The van der Waals surface area contributed by atoms with E-state index in [0.29, 0.717) is 11.0 Å². The number of anilines is 1. The molecule has 8 nitrogen and oxygen atoms in total. The highest BCUT2D eigenvalue weighted by Crippen LogP contribution is 2.29. The smallest absolute Gasteiger partial charge is 0.294 e. The summed E-state index contributed by atoms with van der Waals surface area (Å²) < 4.78 is 1.81. The van der Waals surface area contributed by atoms with Crippen LogP contribution in [0.2, 0.25) is 5.02 Å². The minimum atomic E-state index is -0.589. The molecule has 0 radical (unpaired) electrons. The number of aromatic nitrogens is 3. The topological polar surface area (TPSA) is 103 Å². The fraction of sp³-hybridized carbons (Fsp3) is 0.286. The first-order chi connectivity index (χ1) is 14.6. The second-order valence-corrected chi connectivity index (χ2v) is 9.33. The van der Waals surface area contributed by atoms with Gasteiger partial charge in [-0.15, -0.1) is 10.2 Å². The molecule has 1 heterocycles. The van der Waals surface area contributed by atoms with Crippen LogP contribution >= 0.6 is 23.4 Å². The third kappa shape index (κ3) is 5.42. The van der Waals surface area contributed by atoms with Gasteiger partial charge in [0.2, 0.25) is 5.91 Å². The lowest BCUT2D eigenvalue weighted by Crippen LogP contribution is -2.15. The van der Waals surface area contributed by atoms with Crippen LogP contribution in [0.4, 0.5) is 11.4 Å². The van der Waals surface area contributed by atoms with Crippen molar-refractivity contribution in [2.45, 2.75) is 31.3 Å². The first-order valence-corrected chi connectivity index (χ1v) is 10.8. The molecule has 0 aliphatic carbocycles. The second kappa shape index (κ2) is 9.07. The van der Waals surface area contributed by atoms with E-state index in [1.807, 2.05) is 23.7 Å². The zero-order chi connectivity index (χ0) is 22.8. The molecule has 0 atom stereocenters. The predicted octanol–water partition coefficient (Wildman–Crippen LogP) is 5.07. The Hall–Kier alpha value is -2.91. The third-order valence-corrected chi connectivity index (χ3v) is 5.86. The summed E-state index contributed by atoms with van der Waals surface area (Å²) in [6, 6.07) is 12.2. The van der Waals surface area contributed by atoms with Gasteiger partial charge >= 0.3 is 0 Å². The number of nitro groups is 1. The molecule has 2 aromatic carbocycles. The monoisotopic (exact) mass is 459 g/mol. The van der Waals surface area contributed by atoms with Crippen LogP contribution in [0, 0.1) is 10.1 Å². The molecule has 1 N–H and O–H groups in total. The number of benzene rings is 2. The van der Waals surface area contributed by atoms with Crippen LogP contribution in [0.5, 0.6) is 0 Å². The van der Waals surface area contributed by atoms with Crippen molar-refractivity contribution in [3.63, 3.8) is 0 Å². The van der Waals surface area contributed by atoms with Crippen LogP contribution in [-0.4, -0.2) is 31.3 Å². The Bertz CT molecular complexity index is 1120. The number of carbonyl (C=O) groups excluding carboxylic acids is 1. The van der Waals surface area contributed by atoms with Gasteiger partial charge in [0.1, 0.15) is 5.69 Å². The summed E-state index contributed by atoms with van der Waals surface area (Å²) in [5.41, 5.74) is 2.05. The summed E-state index contributed by atoms with van der Waals surface area (Å²) >= 11 is 7.00. The minimum Gasteiger partial charge on any atom is -0.320 e. The maximum atomic E-state index is 12.3. The van der Waals surface area contributed by atoms with Gasteiger partial charge in [0.25, 0.3) is 5.69 Å². The van der Waals surface area contributed by atoms with E-state index in [1.54, 1.807) is 0 Å². The molecule has 1 aromatic heterocycles. The normalized spacial score (nSPS) is 11.4. The van der Waals surface area contributed by atoms with E-state index in [0.717, 1.165) is 5.56 Å². The van der Waals surface area contributed by atoms with Gasteiger partial charge in [-0.3, -0.25) is 14.9 Å². The first-order valence-electron chi connectivity index (χ1n) is 9.43. The average molecular weight is 460 g/mol. The molecule has 0 saturated heterocycles. The van der Waals surface area contributed by atoms with Gasteiger partial charge < -0.3 is 9.88 Å². The van der Waals surface area contributed by atoms with Crippen LogP contribution in [0.3, 0.4) is 0 Å². The Morgan fingerprint density at radius 1 is 1.19 bits per heavy atom. The molecule has 0 bridgehead atoms. The Morgan fingerprint density at radius 2 is 1.87 bits per heavy atom. The Labute approximate surface area is 189 Å². The summed E-state index contributed by atoms with van der Waals surface area (Å²) in [7, 11) is 1.83. The second-order valence-electron chi connectivity index (χ2n) is 7.95. The summed E-state index contributed by atoms with van der Waals surface area (Å²) in [5, 5.41) is 22.9. The lowest BCUT2D eigenvalue weighted by molar-refractivity contribution is -0.383. The molecule has 0 unspecified atom stereocenters. The van der Waals surface area contributed by atoms with Crippen molar-refractivity contribution < 1.29 is 9.72 Å². The lowest BCUT2D eigenvalue weighted by Gasteiger charge is -2.19. The fourth-order valence-corrected chi connectivity index (χ4v) is 3.77. The molecule has 0 fully saturated rings. The Balaban J connectivity index is 1.68. The van der Waals surface area contributed by atoms with Gasteiger partial charge in [-0.25, -0.2) is 0 Å². The zero-order valence-electron chi connectivity index (χ0n) is 17.5. The van der Waals surface area contributed by atoms with Gasteiger partial charge in [0, 0.05) is 23.7 Å². The number of hydrogen-bond acceptors (Lipinski definition) is 6. The molecular formula is C21H22ClN5O3S. The van der Waals surface area contributed by atoms with Crippen molar-refractivity contribution >= 4 is 40.6 Å². The zero-order valence-corrected chi connectivity index (χ0v) is 19.1. The molecule has 0 aliphatic heterocycles. The highest BCUT2D eigenvalue weighted by Gasteiger charge is 2.19. The fourth-order valence-electron chi connectivity index (χ4n) is 2.89. The Morgan fingerprint density at radius 3 is 2.48 bits per heavy atom. The number of halogens is 1. The molecule has 10 heteroatoms. The van der Waals surface area contributed by atoms with Crippen molar-refractivity contribution in [1.82, 2.24) is 14.8 Å². The standard InChI is InChI=1S/C21H22ClN5O3S/c1-21(2,3)14-7-5-13(6-8-14)19-24-25-20(26(19)4)31-12-18(28)23-16-10-9-15(22)11-17(16)27(29)30/h5-11H,12H2,1-4H3,(H,23,28). The van der Waals surface area contributed by atoms with Crippen molar-refractivity contribution in [3.8, 4) is 11.4 Å². The van der Waals surface area contributed by atoms with Crippen molar-refractivity contribution in [1.29, 1.82) is 0 Å². The number of amides is 1. The van der Waals surface area contributed by atoms with Crippen LogP contribution in [0.1, 0.15) is 26.3 Å². The molecule has 3 rings (SSSR count). The van der Waals surface area contributed by atoms with Crippen molar-refractivity contribution in [2.24, 2.45) is 7.05 Å². The van der Waals surface area contributed by atoms with E-state index in [1.165, 1.54) is 35.5 Å². The SMILES string of the molecule is Cn1c(SCC(=O)Nc2ccc(Cl)cc2[N+](=O)[O-])nnc1-c1ccc(C(C)(C)C)cc1. The van der Waals surface area contributed by atoms with E-state index < -0.39 is 10.8 Å². The van der Waals surface area contributed by atoms with E-state index in [-0.39, 0.29) is 27.6 Å². The van der Waals surface area contributed by atoms with E-state index >= 15 is 0 Å². The van der Waals surface area contributed by atoms with Gasteiger partial charge in [-0.1, -0.05) is 68.4 Å². The van der Waals surface area contributed by atoms with Gasteiger partial charge in [-0.2, -0.15) is 0 Å². The largest absolute Gasteiger partial charge is 0.320 e. The Kier molecular flexibility index (Phi) is 6.66. The number of rotatable bonds is 6. The van der Waals surface area contributed by atoms with Crippen LogP contribution in [0.15, 0.2) is 47.6 Å². The molecule has 0 spiro atoms. The highest BCUT2D eigenvalue weighted by molar-refractivity contribution is 7.99. The third-order valence-electron chi connectivity index (χ3n) is 4.61. The van der Waals surface area contributed by atoms with Crippen LogP contribution in [-0.2, 0) is 17.3 Å². The van der Waals surface area contributed by atoms with Crippen molar-refractivity contribution in [3.05, 3.63) is 63.2 Å². The lowest BCUT2D eigenvalue weighted by atomic mass is 9.87. The maximum absolute atomic E-state index is 12.3. The van der Waals surface area contributed by atoms with E-state index in [9.17, 15) is 14.9 Å². The maximum Gasteiger partial charge on any atom is 0.294 e. The van der Waals surface area contributed by atoms with Gasteiger partial charge in [0.15, 0.2) is 11.0 Å². The molecule has 162 valence electrons. The summed E-state index contributed by atoms with van der Waals surface area (Å²) in [4.78, 5) is 22.9. The average Bonchev–Trinajstić information content (AvgIpc) is 3.07. The predicted molar refractivity (Wildman–Crippen MR) is 123 cm³/mol. The number of hydrogen-bond donors (Lipinski definition) is 1. The van der Waals surface area contributed by atoms with Gasteiger partial charge in [0.05, 0.1) is 10.7 Å². The minimum absolute atomic E-state index is 0.0225. The molecule has 1 amide bonds. The number of nitro benzene ring substituents is 1. The number of nitrogens with one attached hydrogen (secondary N) is 1. The molecule has 31 heavy (non-hydrogen) atoms. The summed E-state index contributed by atoms with van der Waals surface area (Å²) in [5.74, 6) is 0.320. The molecule has 0 aliphatic rings. The molecule has 0 saturated carbocycles. The van der Waals surface area contributed by atoms with Crippen molar-refractivity contribution in [2.75, 3.05) is 11.1 Å². The molecular weight excluding hydrogens is 438 g/mol. The summed E-state index contributed by atoms with van der Waals surface area (Å²) in [6.07, 6.45) is 0. The number of nitrogens with zero attached hydrogens (tertiary/aromatic N) is 4. The first kappa shape index (κ1) is 22.8. The number of thioether (sulfide) groups is 1. The van der Waals surface area contributed by atoms with Crippen LogP contribution in [0.25, 0.3) is 11.4 Å². The number of carbonyl (C=O) groups is 1. The molecule has 3 aromatic rings. The van der Waals surface area contributed by atoms with E-state index in [2.05, 4.69) is 48.4 Å². The van der Waals surface area contributed by atoms with Crippen LogP contribution < -0.4 is 5.32 Å². The van der Waals surface area contributed by atoms with Gasteiger partial charge in [-0.05, 0) is 23.1 Å². The highest BCUT2D eigenvalue weighted by atomic mass is 35.5. The van der Waals surface area contributed by atoms with E-state index in [4.69, 9.17) is 11.6 Å². The summed E-state index contributed by atoms with van der Waals surface area (Å²) in [6.45, 7) is 6.47.